The number of halogens is 1. The molecule has 0 spiro atoms. The van der Waals surface area contributed by atoms with E-state index in [0.29, 0.717) is 12.1 Å². The van der Waals surface area contributed by atoms with Crippen LogP contribution in [0.25, 0.3) is 0 Å². The van der Waals surface area contributed by atoms with Crippen LogP contribution < -0.4 is 4.74 Å². The summed E-state index contributed by atoms with van der Waals surface area (Å²) in [5.41, 5.74) is 0.670. The van der Waals surface area contributed by atoms with Crippen LogP contribution in [0.2, 0.25) is 0 Å². The van der Waals surface area contributed by atoms with Crippen LogP contribution in [-0.4, -0.2) is 36.2 Å². The van der Waals surface area contributed by atoms with Gasteiger partial charge < -0.3 is 9.84 Å². The van der Waals surface area contributed by atoms with Crippen molar-refractivity contribution in [2.45, 2.75) is 12.6 Å². The summed E-state index contributed by atoms with van der Waals surface area (Å²) in [5, 5.41) is 8.95. The molecular weight excluding hydrogens is 237 g/mol. The Labute approximate surface area is 105 Å². The van der Waals surface area contributed by atoms with Crippen LogP contribution in [0.1, 0.15) is 5.56 Å². The molecule has 1 unspecified atom stereocenters. The van der Waals surface area contributed by atoms with Gasteiger partial charge in [-0.15, -0.1) is 6.58 Å². The summed E-state index contributed by atoms with van der Waals surface area (Å²) in [6.45, 7) is 3.78. The van der Waals surface area contributed by atoms with Gasteiger partial charge in [0.25, 0.3) is 0 Å². The highest BCUT2D eigenvalue weighted by molar-refractivity contribution is 5.75. The van der Waals surface area contributed by atoms with Gasteiger partial charge in [0.15, 0.2) is 11.6 Å². The molecule has 0 aliphatic heterocycles. The van der Waals surface area contributed by atoms with E-state index in [1.165, 1.54) is 25.3 Å². The van der Waals surface area contributed by atoms with Gasteiger partial charge in [-0.25, -0.2) is 4.39 Å². The molecule has 0 saturated heterocycles. The fraction of sp³-hybridized carbons (Fsp3) is 0.308. The Morgan fingerprint density at radius 2 is 2.33 bits per heavy atom. The molecule has 0 aliphatic rings. The first-order valence-corrected chi connectivity index (χ1v) is 5.37. The minimum Gasteiger partial charge on any atom is -0.494 e. The second kappa shape index (κ2) is 6.16. The van der Waals surface area contributed by atoms with E-state index in [1.807, 2.05) is 0 Å². The molecule has 0 radical (unpaired) electrons. The Morgan fingerprint density at radius 1 is 1.67 bits per heavy atom. The van der Waals surface area contributed by atoms with Gasteiger partial charge in [-0.3, -0.25) is 9.69 Å². The van der Waals surface area contributed by atoms with Gasteiger partial charge in [0, 0.05) is 6.54 Å². The van der Waals surface area contributed by atoms with Crippen LogP contribution in [0.15, 0.2) is 30.9 Å². The van der Waals surface area contributed by atoms with Crippen molar-refractivity contribution in [3.63, 3.8) is 0 Å². The van der Waals surface area contributed by atoms with Crippen LogP contribution in [0, 0.1) is 5.82 Å². The van der Waals surface area contributed by atoms with E-state index in [-0.39, 0.29) is 5.75 Å². The first-order chi connectivity index (χ1) is 8.49. The van der Waals surface area contributed by atoms with Gasteiger partial charge in [-0.05, 0) is 24.7 Å². The lowest BCUT2D eigenvalue weighted by atomic mass is 10.1. The van der Waals surface area contributed by atoms with E-state index in [0.717, 1.165) is 0 Å². The minimum absolute atomic E-state index is 0.167. The highest BCUT2D eigenvalue weighted by atomic mass is 19.1. The van der Waals surface area contributed by atoms with Crippen molar-refractivity contribution < 1.29 is 19.0 Å². The van der Waals surface area contributed by atoms with Crippen molar-refractivity contribution in [3.05, 3.63) is 42.2 Å². The van der Waals surface area contributed by atoms with Gasteiger partial charge in [-0.1, -0.05) is 12.1 Å². The van der Waals surface area contributed by atoms with Crippen molar-refractivity contribution in [2.75, 3.05) is 14.2 Å². The summed E-state index contributed by atoms with van der Waals surface area (Å²) < 4.78 is 18.3. The molecule has 0 amide bonds. The van der Waals surface area contributed by atoms with Crippen molar-refractivity contribution in [2.24, 2.45) is 0 Å². The summed E-state index contributed by atoms with van der Waals surface area (Å²) in [6, 6.07) is 3.75. The first kappa shape index (κ1) is 14.2. The van der Waals surface area contributed by atoms with E-state index < -0.39 is 17.8 Å². The van der Waals surface area contributed by atoms with Crippen LogP contribution in [0.5, 0.6) is 5.75 Å². The van der Waals surface area contributed by atoms with E-state index in [2.05, 4.69) is 6.58 Å². The molecule has 18 heavy (non-hydrogen) atoms. The molecule has 1 rings (SSSR count). The SMILES string of the molecule is C=CC(C(=O)O)N(C)Cc1ccc(OC)c(F)c1. The predicted molar refractivity (Wildman–Crippen MR) is 66.0 cm³/mol. The number of benzene rings is 1. The Morgan fingerprint density at radius 3 is 2.78 bits per heavy atom. The molecule has 5 heteroatoms. The maximum Gasteiger partial charge on any atom is 0.324 e. The summed E-state index contributed by atoms with van der Waals surface area (Å²) in [5.74, 6) is -1.28. The van der Waals surface area contributed by atoms with Crippen molar-refractivity contribution >= 4 is 5.97 Å². The zero-order valence-electron chi connectivity index (χ0n) is 10.4. The molecule has 0 heterocycles. The van der Waals surface area contributed by atoms with E-state index >= 15 is 0 Å². The lowest BCUT2D eigenvalue weighted by Crippen LogP contribution is -2.36. The number of ether oxygens (including phenoxy) is 1. The van der Waals surface area contributed by atoms with Crippen molar-refractivity contribution in [1.82, 2.24) is 4.90 Å². The number of nitrogens with zero attached hydrogens (tertiary/aromatic N) is 1. The summed E-state index contributed by atoms with van der Waals surface area (Å²) in [4.78, 5) is 12.5. The van der Waals surface area contributed by atoms with Gasteiger partial charge in [0.1, 0.15) is 6.04 Å². The van der Waals surface area contributed by atoms with Crippen LogP contribution in [0.3, 0.4) is 0 Å². The Kier molecular flexibility index (Phi) is 4.85. The third-order valence-electron chi connectivity index (χ3n) is 2.60. The molecule has 0 fully saturated rings. The average molecular weight is 253 g/mol. The van der Waals surface area contributed by atoms with Gasteiger partial charge in [0.2, 0.25) is 0 Å². The lowest BCUT2D eigenvalue weighted by molar-refractivity contribution is -0.141. The summed E-state index contributed by atoms with van der Waals surface area (Å²) in [7, 11) is 3.03. The standard InChI is InChI=1S/C13H16FNO3/c1-4-11(13(16)17)15(2)8-9-5-6-12(18-3)10(14)7-9/h4-7,11H,1,8H2,2-3H3,(H,16,17). The molecule has 1 aromatic rings. The molecule has 0 aromatic heterocycles. The zero-order chi connectivity index (χ0) is 13.7. The van der Waals surface area contributed by atoms with Gasteiger partial charge in [0.05, 0.1) is 7.11 Å². The summed E-state index contributed by atoms with van der Waals surface area (Å²) >= 11 is 0. The molecule has 98 valence electrons. The molecule has 0 aliphatic carbocycles. The lowest BCUT2D eigenvalue weighted by Gasteiger charge is -2.21. The van der Waals surface area contributed by atoms with Gasteiger partial charge in [-0.2, -0.15) is 0 Å². The Hall–Kier alpha value is -1.88. The molecule has 1 atom stereocenters. The maximum absolute atomic E-state index is 13.5. The Bertz CT molecular complexity index is 448. The highest BCUT2D eigenvalue weighted by Crippen LogP contribution is 2.19. The number of carbonyl (C=O) groups is 1. The minimum atomic E-state index is -0.985. The van der Waals surface area contributed by atoms with E-state index in [1.54, 1.807) is 18.0 Å². The molecule has 4 nitrogen and oxygen atoms in total. The third kappa shape index (κ3) is 3.30. The summed E-state index contributed by atoms with van der Waals surface area (Å²) in [6.07, 6.45) is 1.34. The number of aliphatic carboxylic acids is 1. The third-order valence-corrected chi connectivity index (χ3v) is 2.60. The molecular formula is C13H16FNO3. The van der Waals surface area contributed by atoms with Crippen molar-refractivity contribution in [1.29, 1.82) is 0 Å². The number of carboxylic acid groups (broad SMARTS) is 1. The first-order valence-electron chi connectivity index (χ1n) is 5.37. The number of hydrogen-bond donors (Lipinski definition) is 1. The molecule has 0 bridgehead atoms. The second-order valence-corrected chi connectivity index (χ2v) is 3.90. The monoisotopic (exact) mass is 253 g/mol. The topological polar surface area (TPSA) is 49.8 Å². The largest absolute Gasteiger partial charge is 0.494 e. The second-order valence-electron chi connectivity index (χ2n) is 3.90. The predicted octanol–water partition coefficient (Wildman–Crippen LogP) is 1.91. The number of methoxy groups -OCH3 is 1. The average Bonchev–Trinajstić information content (AvgIpc) is 2.29. The fourth-order valence-electron chi connectivity index (χ4n) is 1.66. The van der Waals surface area contributed by atoms with Crippen LogP contribution in [0.4, 0.5) is 4.39 Å². The number of carboxylic acids is 1. The zero-order valence-corrected chi connectivity index (χ0v) is 10.4. The Balaban J connectivity index is 2.81. The van der Waals surface area contributed by atoms with Crippen LogP contribution in [-0.2, 0) is 11.3 Å². The number of likely N-dealkylation sites (N-methyl/N-ethyl adjacent to an activating group) is 1. The quantitative estimate of drug-likeness (QED) is 0.787. The number of hydrogen-bond acceptors (Lipinski definition) is 3. The normalized spacial score (nSPS) is 12.2. The van der Waals surface area contributed by atoms with E-state index in [9.17, 15) is 9.18 Å². The highest BCUT2D eigenvalue weighted by Gasteiger charge is 2.19. The smallest absolute Gasteiger partial charge is 0.324 e. The van der Waals surface area contributed by atoms with Crippen molar-refractivity contribution in [3.8, 4) is 5.75 Å². The van der Waals surface area contributed by atoms with E-state index in [4.69, 9.17) is 9.84 Å². The maximum atomic E-state index is 13.5. The molecule has 1 N–H and O–H groups in total. The van der Waals surface area contributed by atoms with Gasteiger partial charge >= 0.3 is 5.97 Å². The molecule has 1 aromatic carbocycles. The van der Waals surface area contributed by atoms with Crippen LogP contribution >= 0.6 is 0 Å². The molecule has 0 saturated carbocycles. The fourth-order valence-corrected chi connectivity index (χ4v) is 1.66. The number of rotatable bonds is 6.